The van der Waals surface area contributed by atoms with Gasteiger partial charge in [0.15, 0.2) is 6.29 Å². The highest BCUT2D eigenvalue weighted by Crippen LogP contribution is 2.47. The second kappa shape index (κ2) is 35.4. The minimum absolute atomic E-state index is 0.00842. The number of nitrogens with one attached hydrogen (secondary N) is 2. The zero-order valence-electron chi connectivity index (χ0n) is 36.4. The Morgan fingerprint density at radius 3 is 1.96 bits per heavy atom. The lowest BCUT2D eigenvalue weighted by Gasteiger charge is -2.25. The van der Waals surface area contributed by atoms with E-state index in [0.717, 1.165) is 18.5 Å². The number of allylic oxidation sites excluding steroid dienone is 2. The molecule has 7 heteroatoms. The van der Waals surface area contributed by atoms with Crippen molar-refractivity contribution < 1.29 is 23.7 Å². The van der Waals surface area contributed by atoms with Gasteiger partial charge in [-0.2, -0.15) is 0 Å². The van der Waals surface area contributed by atoms with Gasteiger partial charge in [0.2, 0.25) is 5.91 Å². The van der Waals surface area contributed by atoms with Crippen LogP contribution < -0.4 is 10.6 Å². The third-order valence-corrected chi connectivity index (χ3v) is 7.22. The quantitative estimate of drug-likeness (QED) is 0.177. The van der Waals surface area contributed by atoms with E-state index >= 15 is 0 Å². The number of carbonyl (C=O) groups excluding carboxylic acids is 1. The zero-order chi connectivity index (χ0) is 39.7. The number of fused-ring (bicyclic) bond motifs is 2. The molecule has 0 aromatic heterocycles. The molecule has 0 bridgehead atoms. The Bertz CT molecular complexity index is 986. The molecule has 296 valence electrons. The first kappa shape index (κ1) is 54.7. The predicted octanol–water partition coefficient (Wildman–Crippen LogP) is 12.0. The third-order valence-electron chi connectivity index (χ3n) is 7.22. The number of carbonyl (C=O) groups is 1. The molecule has 50 heavy (non-hydrogen) atoms. The van der Waals surface area contributed by atoms with Gasteiger partial charge < -0.3 is 29.6 Å². The molecule has 2 aliphatic rings. The molecular weight excluding hydrogens is 624 g/mol. The van der Waals surface area contributed by atoms with Crippen LogP contribution in [0.2, 0.25) is 0 Å². The summed E-state index contributed by atoms with van der Waals surface area (Å²) < 4.78 is 23.2. The van der Waals surface area contributed by atoms with Crippen LogP contribution in [0.1, 0.15) is 167 Å². The van der Waals surface area contributed by atoms with Crippen molar-refractivity contribution in [1.29, 1.82) is 0 Å². The molecular formula is C43H84N2O5. The van der Waals surface area contributed by atoms with Crippen molar-refractivity contribution in [1.82, 2.24) is 5.32 Å². The zero-order valence-corrected chi connectivity index (χ0v) is 36.4. The van der Waals surface area contributed by atoms with Crippen LogP contribution in [0.15, 0.2) is 35.9 Å². The Balaban J connectivity index is -0.000000663. The number of ether oxygens (including phenoxy) is 4. The fourth-order valence-electron chi connectivity index (χ4n) is 4.66. The fraction of sp³-hybridized carbons (Fsp3) is 0.744. The molecule has 2 N–H and O–H groups in total. The van der Waals surface area contributed by atoms with Crippen LogP contribution in [0.4, 0.5) is 5.69 Å². The van der Waals surface area contributed by atoms with Gasteiger partial charge in [0.25, 0.3) is 0 Å². The lowest BCUT2D eigenvalue weighted by Crippen LogP contribution is -2.31. The molecule has 0 radical (unpaired) electrons. The highest BCUT2D eigenvalue weighted by atomic mass is 16.7. The van der Waals surface area contributed by atoms with Crippen molar-refractivity contribution in [2.24, 2.45) is 0 Å². The van der Waals surface area contributed by atoms with E-state index in [1.54, 1.807) is 0 Å². The van der Waals surface area contributed by atoms with Crippen LogP contribution >= 0.6 is 0 Å². The van der Waals surface area contributed by atoms with Gasteiger partial charge in [-0.25, -0.2) is 0 Å². The Morgan fingerprint density at radius 1 is 0.880 bits per heavy atom. The first-order valence-electron chi connectivity index (χ1n) is 20.1. The molecule has 3 atom stereocenters. The number of benzene rings is 1. The molecule has 0 saturated carbocycles. The second-order valence-corrected chi connectivity index (χ2v) is 11.4. The number of likely N-dealkylation sites (N-methyl/N-ethyl adjacent to an activating group) is 1. The SMILES string of the molecule is CC.CC.CC.CC.CC.CCCC.CCOC(C)OCC1C2=C(C=CC(NC)C2)c2ccc(NC(=O)COC(C)(C)CCOC(C)C)cc21. The fourth-order valence-corrected chi connectivity index (χ4v) is 4.66. The maximum atomic E-state index is 12.7. The topological polar surface area (TPSA) is 78.1 Å². The predicted molar refractivity (Wildman–Crippen MR) is 221 cm³/mol. The van der Waals surface area contributed by atoms with Gasteiger partial charge in [-0.05, 0) is 90.3 Å². The van der Waals surface area contributed by atoms with Crippen molar-refractivity contribution in [2.45, 2.75) is 180 Å². The minimum Gasteiger partial charge on any atom is -0.379 e. The lowest BCUT2D eigenvalue weighted by molar-refractivity contribution is -0.128. The van der Waals surface area contributed by atoms with E-state index in [1.807, 2.05) is 124 Å². The monoisotopic (exact) mass is 709 g/mol. The van der Waals surface area contributed by atoms with Crippen LogP contribution in [0.5, 0.6) is 0 Å². The summed E-state index contributed by atoms with van der Waals surface area (Å²) in [5.74, 6) is -0.0527. The van der Waals surface area contributed by atoms with Crippen LogP contribution in [0, 0.1) is 0 Å². The van der Waals surface area contributed by atoms with Gasteiger partial charge in [-0.15, -0.1) is 0 Å². The Hall–Kier alpha value is -2.03. The Morgan fingerprint density at radius 2 is 1.46 bits per heavy atom. The van der Waals surface area contributed by atoms with Gasteiger partial charge in [0, 0.05) is 30.9 Å². The standard InChI is InChI=1S/C29H44N2O5.C4H10.5C2H6/c1-8-33-20(4)35-17-27-25-15-21(30-7)9-11-23(25)24-12-10-22(16-26(24)27)31-28(32)18-36-29(5,6)13-14-34-19(2)3;1-3-4-2;5*1-2/h9-12,16,19-21,27,30H,8,13-15,17-18H2,1-7H3,(H,31,32);3-4H2,1-2H3;5*1-2H3. The summed E-state index contributed by atoms with van der Waals surface area (Å²) in [5.41, 5.74) is 5.33. The van der Waals surface area contributed by atoms with E-state index in [0.29, 0.717) is 25.9 Å². The van der Waals surface area contributed by atoms with Crippen molar-refractivity contribution in [2.75, 3.05) is 38.8 Å². The molecule has 0 heterocycles. The molecule has 0 fully saturated rings. The smallest absolute Gasteiger partial charge is 0.250 e. The van der Waals surface area contributed by atoms with Crippen LogP contribution in [-0.2, 0) is 23.7 Å². The van der Waals surface area contributed by atoms with Crippen molar-refractivity contribution in [3.05, 3.63) is 47.1 Å². The molecule has 0 saturated heterocycles. The molecule has 1 aromatic carbocycles. The number of unbranched alkanes of at least 4 members (excludes halogenated alkanes) is 1. The van der Waals surface area contributed by atoms with E-state index in [4.69, 9.17) is 18.9 Å². The summed E-state index contributed by atoms with van der Waals surface area (Å²) in [6, 6.07) is 6.45. The normalized spacial score (nSPS) is 15.6. The van der Waals surface area contributed by atoms with Crippen LogP contribution in [-0.4, -0.2) is 63.4 Å². The Labute approximate surface area is 311 Å². The van der Waals surface area contributed by atoms with E-state index in [2.05, 4.69) is 48.8 Å². The highest BCUT2D eigenvalue weighted by molar-refractivity contribution is 5.93. The lowest BCUT2D eigenvalue weighted by atomic mass is 9.89. The minimum atomic E-state index is -0.441. The van der Waals surface area contributed by atoms with Crippen LogP contribution in [0.25, 0.3) is 5.57 Å². The number of amides is 1. The number of hydrogen-bond donors (Lipinski definition) is 2. The molecule has 2 aliphatic carbocycles. The maximum absolute atomic E-state index is 12.7. The molecule has 1 aromatic rings. The van der Waals surface area contributed by atoms with E-state index in [-0.39, 0.29) is 30.8 Å². The number of hydrogen-bond acceptors (Lipinski definition) is 6. The summed E-state index contributed by atoms with van der Waals surface area (Å²) in [5, 5.41) is 6.38. The van der Waals surface area contributed by atoms with E-state index in [1.165, 1.54) is 35.1 Å². The van der Waals surface area contributed by atoms with E-state index in [9.17, 15) is 4.79 Å². The molecule has 3 unspecified atom stereocenters. The maximum Gasteiger partial charge on any atom is 0.250 e. The van der Waals surface area contributed by atoms with Gasteiger partial charge >= 0.3 is 0 Å². The summed E-state index contributed by atoms with van der Waals surface area (Å²) in [6.45, 7) is 38.0. The number of anilines is 1. The summed E-state index contributed by atoms with van der Waals surface area (Å²) in [4.78, 5) is 12.7. The van der Waals surface area contributed by atoms with Crippen LogP contribution in [0.3, 0.4) is 0 Å². The molecule has 0 aliphatic heterocycles. The molecule has 7 nitrogen and oxygen atoms in total. The van der Waals surface area contributed by atoms with Crippen molar-refractivity contribution in [3.63, 3.8) is 0 Å². The van der Waals surface area contributed by atoms with E-state index < -0.39 is 5.60 Å². The highest BCUT2D eigenvalue weighted by Gasteiger charge is 2.34. The summed E-state index contributed by atoms with van der Waals surface area (Å²) in [6.07, 6.45) is 8.63. The number of rotatable bonds is 15. The summed E-state index contributed by atoms with van der Waals surface area (Å²) in [7, 11) is 1.99. The summed E-state index contributed by atoms with van der Waals surface area (Å²) >= 11 is 0. The van der Waals surface area contributed by atoms with Gasteiger partial charge in [-0.1, -0.05) is 120 Å². The van der Waals surface area contributed by atoms with Gasteiger partial charge in [-0.3, -0.25) is 4.79 Å². The average molecular weight is 709 g/mol. The van der Waals surface area contributed by atoms with Gasteiger partial charge in [0.1, 0.15) is 6.61 Å². The molecule has 3 rings (SSSR count). The largest absolute Gasteiger partial charge is 0.379 e. The second-order valence-electron chi connectivity index (χ2n) is 11.4. The first-order valence-corrected chi connectivity index (χ1v) is 20.1. The molecule has 1 amide bonds. The Kier molecular flexibility index (Phi) is 38.7. The van der Waals surface area contributed by atoms with Crippen molar-refractivity contribution in [3.8, 4) is 0 Å². The average Bonchev–Trinajstić information content (AvgIpc) is 3.45. The van der Waals surface area contributed by atoms with Gasteiger partial charge in [0.05, 0.1) is 18.3 Å². The van der Waals surface area contributed by atoms with Crippen molar-refractivity contribution >= 4 is 17.2 Å². The third kappa shape index (κ3) is 22.7. The first-order chi connectivity index (χ1) is 24.0. The molecule has 0 spiro atoms.